The van der Waals surface area contributed by atoms with Gasteiger partial charge in [0.2, 0.25) is 0 Å². The highest BCUT2D eigenvalue weighted by molar-refractivity contribution is 7.13. The van der Waals surface area contributed by atoms with Crippen LogP contribution in [0.5, 0.6) is 5.06 Å². The van der Waals surface area contributed by atoms with Crippen molar-refractivity contribution in [1.29, 1.82) is 0 Å². The minimum atomic E-state index is 0.334. The lowest BCUT2D eigenvalue weighted by Crippen LogP contribution is -1.67. The van der Waals surface area contributed by atoms with Gasteiger partial charge in [-0.3, -0.25) is 0 Å². The van der Waals surface area contributed by atoms with E-state index in [0.29, 0.717) is 11.5 Å². The Morgan fingerprint density at radius 3 is 2.89 bits per heavy atom. The number of thiophene rings is 1. The molecule has 0 amide bonds. The van der Waals surface area contributed by atoms with Gasteiger partial charge in [0, 0.05) is 11.3 Å². The van der Waals surface area contributed by atoms with Crippen molar-refractivity contribution in [2.75, 3.05) is 0 Å². The van der Waals surface area contributed by atoms with Crippen molar-refractivity contribution in [2.45, 2.75) is 6.42 Å². The van der Waals surface area contributed by atoms with Crippen molar-refractivity contribution in [3.05, 3.63) is 17.0 Å². The van der Waals surface area contributed by atoms with Crippen LogP contribution in [0.4, 0.5) is 0 Å². The van der Waals surface area contributed by atoms with Crippen LogP contribution >= 0.6 is 11.3 Å². The van der Waals surface area contributed by atoms with Crippen molar-refractivity contribution < 1.29 is 5.11 Å². The molecule has 0 atom stereocenters. The predicted octanol–water partition coefficient (Wildman–Crippen LogP) is 1.63. The van der Waals surface area contributed by atoms with E-state index in [9.17, 15) is 0 Å². The Hall–Kier alpha value is -0.940. The molecule has 0 bridgehead atoms. The summed E-state index contributed by atoms with van der Waals surface area (Å²) in [6.45, 7) is 0. The molecule has 9 heavy (non-hydrogen) atoms. The number of rotatable bonds is 1. The smallest absolute Gasteiger partial charge is 0.171 e. The third-order valence-corrected chi connectivity index (χ3v) is 1.81. The Morgan fingerprint density at radius 1 is 1.67 bits per heavy atom. The van der Waals surface area contributed by atoms with E-state index in [1.54, 1.807) is 6.07 Å². The highest BCUT2D eigenvalue weighted by Crippen LogP contribution is 2.22. The third-order valence-electron chi connectivity index (χ3n) is 0.924. The van der Waals surface area contributed by atoms with Gasteiger partial charge in [0.25, 0.3) is 0 Å². The summed E-state index contributed by atoms with van der Waals surface area (Å²) in [4.78, 5) is 1.04. The van der Waals surface area contributed by atoms with E-state index in [0.717, 1.165) is 4.88 Å². The van der Waals surface area contributed by atoms with Gasteiger partial charge in [-0.15, -0.1) is 23.7 Å². The van der Waals surface area contributed by atoms with Crippen molar-refractivity contribution >= 4 is 11.3 Å². The second kappa shape index (κ2) is 2.56. The molecule has 46 valence electrons. The highest BCUT2D eigenvalue weighted by Gasteiger charge is 1.93. The molecule has 1 N–H and O–H groups in total. The lowest BCUT2D eigenvalue weighted by Gasteiger charge is -1.80. The van der Waals surface area contributed by atoms with Crippen LogP contribution in [0.2, 0.25) is 0 Å². The SMILES string of the molecule is C#CCc1ccc(O)s1. The minimum Gasteiger partial charge on any atom is -0.499 e. The highest BCUT2D eigenvalue weighted by atomic mass is 32.1. The first-order valence-electron chi connectivity index (χ1n) is 2.54. The zero-order valence-corrected chi connectivity index (χ0v) is 5.61. The van der Waals surface area contributed by atoms with Crippen LogP contribution in [0, 0.1) is 12.3 Å². The van der Waals surface area contributed by atoms with Crippen molar-refractivity contribution in [3.63, 3.8) is 0 Å². The van der Waals surface area contributed by atoms with E-state index in [-0.39, 0.29) is 0 Å². The van der Waals surface area contributed by atoms with Gasteiger partial charge in [0.1, 0.15) is 0 Å². The van der Waals surface area contributed by atoms with Gasteiger partial charge < -0.3 is 5.11 Å². The maximum Gasteiger partial charge on any atom is 0.171 e. The molecule has 1 heterocycles. The molecule has 1 rings (SSSR count). The Morgan fingerprint density at radius 2 is 2.44 bits per heavy atom. The number of hydrogen-bond donors (Lipinski definition) is 1. The van der Waals surface area contributed by atoms with Gasteiger partial charge in [-0.25, -0.2) is 0 Å². The average molecular weight is 138 g/mol. The fraction of sp³-hybridized carbons (Fsp3) is 0.143. The standard InChI is InChI=1S/C7H6OS/c1-2-3-6-4-5-7(8)9-6/h1,4-5,8H,3H2. The summed E-state index contributed by atoms with van der Waals surface area (Å²) in [5, 5.41) is 9.16. The molecule has 1 nitrogen and oxygen atoms in total. The van der Waals surface area contributed by atoms with E-state index in [1.807, 2.05) is 6.07 Å². The first kappa shape index (κ1) is 6.18. The molecule has 1 aromatic rings. The molecule has 0 spiro atoms. The summed E-state index contributed by atoms with van der Waals surface area (Å²) < 4.78 is 0. The molecule has 2 heteroatoms. The van der Waals surface area contributed by atoms with Crippen molar-refractivity contribution in [2.24, 2.45) is 0 Å². The van der Waals surface area contributed by atoms with E-state index in [2.05, 4.69) is 5.92 Å². The largest absolute Gasteiger partial charge is 0.499 e. The Labute approximate surface area is 58.0 Å². The number of terminal acetylenes is 1. The lowest BCUT2D eigenvalue weighted by atomic mass is 10.4. The van der Waals surface area contributed by atoms with E-state index in [4.69, 9.17) is 11.5 Å². The fourth-order valence-corrected chi connectivity index (χ4v) is 1.26. The molecule has 1 aromatic heterocycles. The van der Waals surface area contributed by atoms with Gasteiger partial charge in [-0.2, -0.15) is 0 Å². The topological polar surface area (TPSA) is 20.2 Å². The molecule has 0 saturated heterocycles. The molecule has 0 aliphatic heterocycles. The maximum atomic E-state index is 8.83. The Balaban J connectivity index is 2.76. The van der Waals surface area contributed by atoms with Crippen LogP contribution in [0.25, 0.3) is 0 Å². The zero-order valence-electron chi connectivity index (χ0n) is 4.79. The molecule has 0 radical (unpaired) electrons. The van der Waals surface area contributed by atoms with Gasteiger partial charge in [0.05, 0.1) is 0 Å². The Kier molecular flexibility index (Phi) is 1.76. The summed E-state index contributed by atoms with van der Waals surface area (Å²) in [5.74, 6) is 2.50. The molecular formula is C7H6OS. The fourth-order valence-electron chi connectivity index (χ4n) is 0.562. The van der Waals surface area contributed by atoms with Gasteiger partial charge in [-0.1, -0.05) is 0 Å². The van der Waals surface area contributed by atoms with E-state index < -0.39 is 0 Å². The predicted molar refractivity (Wildman–Crippen MR) is 38.5 cm³/mol. The molecule has 0 aliphatic carbocycles. The monoisotopic (exact) mass is 138 g/mol. The first-order chi connectivity index (χ1) is 4.33. The van der Waals surface area contributed by atoms with Crippen LogP contribution in [-0.2, 0) is 6.42 Å². The summed E-state index contributed by atoms with van der Waals surface area (Å²) in [6.07, 6.45) is 5.66. The first-order valence-corrected chi connectivity index (χ1v) is 3.35. The van der Waals surface area contributed by atoms with Crippen molar-refractivity contribution in [1.82, 2.24) is 0 Å². The number of hydrogen-bond acceptors (Lipinski definition) is 2. The Bertz CT molecular complexity index is 231. The summed E-state index contributed by atoms with van der Waals surface area (Å²) in [5.41, 5.74) is 0. The summed E-state index contributed by atoms with van der Waals surface area (Å²) in [7, 11) is 0. The lowest BCUT2D eigenvalue weighted by molar-refractivity contribution is 0.491. The third kappa shape index (κ3) is 1.48. The van der Waals surface area contributed by atoms with Gasteiger partial charge in [0.15, 0.2) is 5.06 Å². The number of aromatic hydroxyl groups is 1. The van der Waals surface area contributed by atoms with Crippen LogP contribution in [0.15, 0.2) is 12.1 Å². The minimum absolute atomic E-state index is 0.334. The normalized spacial score (nSPS) is 8.78. The second-order valence-electron chi connectivity index (χ2n) is 1.62. The molecule has 0 aliphatic rings. The van der Waals surface area contributed by atoms with Crippen LogP contribution in [0.1, 0.15) is 4.88 Å². The molecule has 0 saturated carbocycles. The molecular weight excluding hydrogens is 132 g/mol. The molecule has 0 fully saturated rings. The quantitative estimate of drug-likeness (QED) is 0.585. The second-order valence-corrected chi connectivity index (χ2v) is 2.77. The van der Waals surface area contributed by atoms with Crippen LogP contribution in [0.3, 0.4) is 0 Å². The van der Waals surface area contributed by atoms with Crippen LogP contribution in [-0.4, -0.2) is 5.11 Å². The molecule has 0 unspecified atom stereocenters. The van der Waals surface area contributed by atoms with Crippen molar-refractivity contribution in [3.8, 4) is 17.4 Å². The zero-order chi connectivity index (χ0) is 6.69. The summed E-state index contributed by atoms with van der Waals surface area (Å²) >= 11 is 1.33. The van der Waals surface area contributed by atoms with Crippen LogP contribution < -0.4 is 0 Å². The summed E-state index contributed by atoms with van der Waals surface area (Å²) in [6, 6.07) is 3.48. The van der Waals surface area contributed by atoms with E-state index >= 15 is 0 Å². The molecule has 0 aromatic carbocycles. The maximum absolute atomic E-state index is 8.83. The van der Waals surface area contributed by atoms with Gasteiger partial charge in [-0.05, 0) is 12.1 Å². The van der Waals surface area contributed by atoms with Gasteiger partial charge >= 0.3 is 0 Å². The van der Waals surface area contributed by atoms with E-state index in [1.165, 1.54) is 11.3 Å². The average Bonchev–Trinajstić information content (AvgIpc) is 2.17.